The molecule has 6 heteroatoms. The van der Waals surface area contributed by atoms with Crippen molar-refractivity contribution in [2.75, 3.05) is 0 Å². The molecule has 0 bridgehead atoms. The lowest BCUT2D eigenvalue weighted by atomic mass is 10.2. The van der Waals surface area contributed by atoms with Crippen molar-refractivity contribution in [3.8, 4) is 0 Å². The van der Waals surface area contributed by atoms with Crippen LogP contribution in [-0.4, -0.2) is 26.7 Å². The summed E-state index contributed by atoms with van der Waals surface area (Å²) in [5, 5.41) is 8.54. The second-order valence-corrected chi connectivity index (χ2v) is 5.50. The number of carbonyl (C=O) groups is 1. The van der Waals surface area contributed by atoms with Gasteiger partial charge in [-0.05, 0) is 38.5 Å². The van der Waals surface area contributed by atoms with Gasteiger partial charge in [0.25, 0.3) is 0 Å². The van der Waals surface area contributed by atoms with Crippen LogP contribution in [0.2, 0.25) is 0 Å². The molecule has 2 rings (SSSR count). The zero-order chi connectivity index (χ0) is 13.3. The fourth-order valence-electron chi connectivity index (χ4n) is 1.49. The van der Waals surface area contributed by atoms with E-state index in [4.69, 9.17) is 4.74 Å². The Labute approximate surface area is 113 Å². The fourth-order valence-corrected chi connectivity index (χ4v) is 1.84. The second kappa shape index (κ2) is 4.68. The molecule has 5 nitrogen and oxygen atoms in total. The molecule has 0 saturated heterocycles. The Balaban J connectivity index is 2.38. The molecular weight excluding hydrogens is 298 g/mol. The van der Waals surface area contributed by atoms with E-state index in [-0.39, 0.29) is 0 Å². The maximum Gasteiger partial charge on any atom is 0.437 e. The summed E-state index contributed by atoms with van der Waals surface area (Å²) < 4.78 is 6.44. The molecular formula is C12H14BrN3O2. The average Bonchev–Trinajstić information content (AvgIpc) is 2.69. The van der Waals surface area contributed by atoms with Crippen LogP contribution in [0.25, 0.3) is 11.0 Å². The van der Waals surface area contributed by atoms with Gasteiger partial charge in [-0.2, -0.15) is 0 Å². The highest BCUT2D eigenvalue weighted by Crippen LogP contribution is 2.17. The van der Waals surface area contributed by atoms with Gasteiger partial charge in [0, 0.05) is 5.33 Å². The molecule has 1 heterocycles. The van der Waals surface area contributed by atoms with Crippen LogP contribution < -0.4 is 0 Å². The number of rotatable bonds is 1. The van der Waals surface area contributed by atoms with Crippen molar-refractivity contribution < 1.29 is 9.53 Å². The molecule has 0 saturated carbocycles. The Bertz CT molecular complexity index is 587. The predicted octanol–water partition coefficient (Wildman–Crippen LogP) is 3.11. The highest BCUT2D eigenvalue weighted by molar-refractivity contribution is 9.08. The minimum absolute atomic E-state index is 0.517. The molecule has 0 aliphatic heterocycles. The Morgan fingerprint density at radius 2 is 2.17 bits per heavy atom. The summed E-state index contributed by atoms with van der Waals surface area (Å²) in [6, 6.07) is 5.62. The molecule has 0 aliphatic rings. The van der Waals surface area contributed by atoms with E-state index in [9.17, 15) is 4.79 Å². The maximum atomic E-state index is 11.9. The van der Waals surface area contributed by atoms with Crippen molar-refractivity contribution in [3.63, 3.8) is 0 Å². The number of hydrogen-bond donors (Lipinski definition) is 0. The molecule has 1 aromatic heterocycles. The first kappa shape index (κ1) is 13.0. The van der Waals surface area contributed by atoms with Crippen molar-refractivity contribution >= 4 is 33.1 Å². The predicted molar refractivity (Wildman–Crippen MR) is 71.8 cm³/mol. The van der Waals surface area contributed by atoms with Crippen LogP contribution in [0.1, 0.15) is 26.3 Å². The summed E-state index contributed by atoms with van der Waals surface area (Å²) in [6.45, 7) is 5.44. The van der Waals surface area contributed by atoms with Gasteiger partial charge in [-0.15, -0.1) is 9.78 Å². The van der Waals surface area contributed by atoms with Crippen LogP contribution in [0.3, 0.4) is 0 Å². The lowest BCUT2D eigenvalue weighted by Crippen LogP contribution is -2.27. The van der Waals surface area contributed by atoms with Gasteiger partial charge in [-0.3, -0.25) is 0 Å². The number of nitrogens with zero attached hydrogens (tertiary/aromatic N) is 3. The van der Waals surface area contributed by atoms with E-state index in [1.54, 1.807) is 0 Å². The monoisotopic (exact) mass is 311 g/mol. The Hall–Kier alpha value is -1.43. The normalized spacial score (nSPS) is 11.8. The van der Waals surface area contributed by atoms with Gasteiger partial charge in [-0.25, -0.2) is 4.79 Å². The summed E-state index contributed by atoms with van der Waals surface area (Å²) in [4.78, 5) is 11.9. The van der Waals surface area contributed by atoms with E-state index in [0.29, 0.717) is 11.0 Å². The third-order valence-electron chi connectivity index (χ3n) is 2.23. The zero-order valence-electron chi connectivity index (χ0n) is 10.5. The maximum absolute atomic E-state index is 11.9. The van der Waals surface area contributed by atoms with Gasteiger partial charge in [0.2, 0.25) is 0 Å². The standard InChI is InChI=1S/C12H14BrN3O2/c1-12(2,3)18-11(17)16-10-5-4-8(7-13)6-9(10)14-15-16/h4-6H,7H2,1-3H3. The summed E-state index contributed by atoms with van der Waals surface area (Å²) in [5.74, 6) is 0. The molecule has 0 unspecified atom stereocenters. The lowest BCUT2D eigenvalue weighted by Gasteiger charge is -2.18. The minimum atomic E-state index is -0.550. The van der Waals surface area contributed by atoms with Crippen LogP contribution in [0.4, 0.5) is 4.79 Å². The van der Waals surface area contributed by atoms with E-state index in [1.807, 2.05) is 39.0 Å². The van der Waals surface area contributed by atoms with E-state index in [0.717, 1.165) is 10.9 Å². The molecule has 0 atom stereocenters. The Morgan fingerprint density at radius 3 is 2.78 bits per heavy atom. The van der Waals surface area contributed by atoms with Gasteiger partial charge >= 0.3 is 6.09 Å². The van der Waals surface area contributed by atoms with E-state index in [2.05, 4.69) is 26.2 Å². The smallest absolute Gasteiger partial charge is 0.437 e. The molecule has 0 amide bonds. The first-order chi connectivity index (χ1) is 8.40. The van der Waals surface area contributed by atoms with Crippen LogP contribution in [0.5, 0.6) is 0 Å². The molecule has 0 radical (unpaired) electrons. The second-order valence-electron chi connectivity index (χ2n) is 4.94. The quantitative estimate of drug-likeness (QED) is 0.759. The topological polar surface area (TPSA) is 57.0 Å². The van der Waals surface area contributed by atoms with E-state index >= 15 is 0 Å². The summed E-state index contributed by atoms with van der Waals surface area (Å²) in [5.41, 5.74) is 1.86. The van der Waals surface area contributed by atoms with Gasteiger partial charge < -0.3 is 4.74 Å². The fraction of sp³-hybridized carbons (Fsp3) is 0.417. The molecule has 2 aromatic rings. The number of benzene rings is 1. The molecule has 0 fully saturated rings. The highest BCUT2D eigenvalue weighted by Gasteiger charge is 2.20. The number of halogens is 1. The lowest BCUT2D eigenvalue weighted by molar-refractivity contribution is 0.0519. The van der Waals surface area contributed by atoms with Gasteiger partial charge in [0.15, 0.2) is 0 Å². The Kier molecular flexibility index (Phi) is 3.38. The SMILES string of the molecule is CC(C)(C)OC(=O)n1nnc2cc(CBr)ccc21. The summed E-state index contributed by atoms with van der Waals surface area (Å²) >= 11 is 3.37. The molecule has 0 spiro atoms. The van der Waals surface area contributed by atoms with Gasteiger partial charge in [0.1, 0.15) is 16.6 Å². The first-order valence-electron chi connectivity index (χ1n) is 5.54. The van der Waals surface area contributed by atoms with Gasteiger partial charge in [-0.1, -0.05) is 27.2 Å². The van der Waals surface area contributed by atoms with Crippen LogP contribution >= 0.6 is 15.9 Å². The van der Waals surface area contributed by atoms with Crippen LogP contribution in [0, 0.1) is 0 Å². The van der Waals surface area contributed by atoms with Crippen molar-refractivity contribution in [2.24, 2.45) is 0 Å². The van der Waals surface area contributed by atoms with E-state index < -0.39 is 11.7 Å². The van der Waals surface area contributed by atoms with Crippen LogP contribution in [-0.2, 0) is 10.1 Å². The number of aromatic nitrogens is 3. The molecule has 1 aromatic carbocycles. The summed E-state index contributed by atoms with van der Waals surface area (Å²) in [6.07, 6.45) is -0.517. The molecule has 18 heavy (non-hydrogen) atoms. The van der Waals surface area contributed by atoms with Crippen molar-refractivity contribution in [1.82, 2.24) is 15.0 Å². The number of fused-ring (bicyclic) bond motifs is 1. The third kappa shape index (κ3) is 2.69. The van der Waals surface area contributed by atoms with Crippen molar-refractivity contribution in [1.29, 1.82) is 0 Å². The van der Waals surface area contributed by atoms with E-state index in [1.165, 1.54) is 4.68 Å². The summed E-state index contributed by atoms with van der Waals surface area (Å²) in [7, 11) is 0. The highest BCUT2D eigenvalue weighted by atomic mass is 79.9. The number of ether oxygens (including phenoxy) is 1. The zero-order valence-corrected chi connectivity index (χ0v) is 12.1. The first-order valence-corrected chi connectivity index (χ1v) is 6.66. The number of alkyl halides is 1. The largest absolute Gasteiger partial charge is 0.442 e. The average molecular weight is 312 g/mol. The minimum Gasteiger partial charge on any atom is -0.442 e. The van der Waals surface area contributed by atoms with Gasteiger partial charge in [0.05, 0.1) is 0 Å². The van der Waals surface area contributed by atoms with Crippen LogP contribution in [0.15, 0.2) is 18.2 Å². The molecule has 96 valence electrons. The number of carbonyl (C=O) groups excluding carboxylic acids is 1. The van der Waals surface area contributed by atoms with Crippen molar-refractivity contribution in [2.45, 2.75) is 31.7 Å². The molecule has 0 aliphatic carbocycles. The number of hydrogen-bond acceptors (Lipinski definition) is 4. The molecule has 0 N–H and O–H groups in total. The third-order valence-corrected chi connectivity index (χ3v) is 2.88. The Morgan fingerprint density at radius 1 is 1.44 bits per heavy atom. The van der Waals surface area contributed by atoms with Crippen molar-refractivity contribution in [3.05, 3.63) is 23.8 Å².